The number of rotatable bonds is 7. The van der Waals surface area contributed by atoms with Crippen molar-refractivity contribution in [1.82, 2.24) is 4.72 Å². The molecular weight excluding hydrogens is 323 g/mol. The molecule has 0 heterocycles. The molecule has 1 rings (SSSR count). The highest BCUT2D eigenvalue weighted by atomic mass is 32.2. The summed E-state index contributed by atoms with van der Waals surface area (Å²) in [7, 11) is -4.60. The van der Waals surface area contributed by atoms with E-state index in [4.69, 9.17) is 5.11 Å². The van der Waals surface area contributed by atoms with Crippen molar-refractivity contribution >= 4 is 16.0 Å². The van der Waals surface area contributed by atoms with E-state index < -0.39 is 38.7 Å². The molecule has 0 aliphatic carbocycles. The summed E-state index contributed by atoms with van der Waals surface area (Å²) >= 11 is 0. The number of carboxylic acids is 1. The molecule has 1 aromatic carbocycles. The minimum absolute atomic E-state index is 0.000746. The van der Waals surface area contributed by atoms with Crippen LogP contribution in [0.25, 0.3) is 0 Å². The molecule has 9 heteroatoms. The first-order valence-electron chi connectivity index (χ1n) is 6.51. The maximum absolute atomic E-state index is 12.9. The molecule has 0 saturated heterocycles. The Hall–Kier alpha value is -1.61. The van der Waals surface area contributed by atoms with Gasteiger partial charge in [0.2, 0.25) is 10.0 Å². The first-order valence-corrected chi connectivity index (χ1v) is 7.99. The molecule has 0 spiro atoms. The molecule has 0 bridgehead atoms. The Morgan fingerprint density at radius 3 is 2.41 bits per heavy atom. The van der Waals surface area contributed by atoms with E-state index in [0.29, 0.717) is 18.9 Å². The predicted octanol–water partition coefficient (Wildman–Crippen LogP) is 2.63. The number of carboxylic acid groups (broad SMARTS) is 1. The molecule has 0 aliphatic rings. The third-order valence-electron chi connectivity index (χ3n) is 2.92. The van der Waals surface area contributed by atoms with E-state index in [0.717, 1.165) is 18.2 Å². The average Bonchev–Trinajstić information content (AvgIpc) is 2.42. The second kappa shape index (κ2) is 7.10. The van der Waals surface area contributed by atoms with Gasteiger partial charge in [0.1, 0.15) is 6.04 Å². The summed E-state index contributed by atoms with van der Waals surface area (Å²) in [4.78, 5) is 10.1. The van der Waals surface area contributed by atoms with E-state index in [1.165, 1.54) is 0 Å². The van der Waals surface area contributed by atoms with Crippen LogP contribution in [0.2, 0.25) is 0 Å². The summed E-state index contributed by atoms with van der Waals surface area (Å²) in [6, 6.07) is 2.17. The predicted molar refractivity (Wildman–Crippen MR) is 72.7 cm³/mol. The van der Waals surface area contributed by atoms with Gasteiger partial charge in [0.25, 0.3) is 0 Å². The monoisotopic (exact) mass is 339 g/mol. The minimum Gasteiger partial charge on any atom is -0.480 e. The molecule has 0 aliphatic heterocycles. The largest absolute Gasteiger partial charge is 0.480 e. The van der Waals surface area contributed by atoms with Gasteiger partial charge in [-0.15, -0.1) is 0 Å². The molecule has 22 heavy (non-hydrogen) atoms. The van der Waals surface area contributed by atoms with Gasteiger partial charge in [-0.1, -0.05) is 31.9 Å². The molecule has 124 valence electrons. The van der Waals surface area contributed by atoms with Gasteiger partial charge in [0.05, 0.1) is 10.5 Å². The number of sulfonamides is 1. The van der Waals surface area contributed by atoms with E-state index in [9.17, 15) is 26.4 Å². The summed E-state index contributed by atoms with van der Waals surface area (Å²) in [6.07, 6.45) is -3.79. The van der Waals surface area contributed by atoms with Gasteiger partial charge < -0.3 is 5.11 Å². The zero-order valence-corrected chi connectivity index (χ0v) is 12.5. The lowest BCUT2D eigenvalue weighted by Crippen LogP contribution is -2.41. The van der Waals surface area contributed by atoms with Crippen molar-refractivity contribution in [1.29, 1.82) is 0 Å². The molecule has 0 fully saturated rings. The zero-order chi connectivity index (χ0) is 17.0. The van der Waals surface area contributed by atoms with E-state index >= 15 is 0 Å². The topological polar surface area (TPSA) is 83.5 Å². The van der Waals surface area contributed by atoms with E-state index in [2.05, 4.69) is 0 Å². The maximum atomic E-state index is 12.9. The van der Waals surface area contributed by atoms with Crippen molar-refractivity contribution in [2.45, 2.75) is 43.3 Å². The summed E-state index contributed by atoms with van der Waals surface area (Å²) in [5.74, 6) is -1.43. The number of hydrogen-bond acceptors (Lipinski definition) is 3. The maximum Gasteiger partial charge on any atom is 0.417 e. The Balaban J connectivity index is 3.17. The molecule has 2 N–H and O–H groups in total. The van der Waals surface area contributed by atoms with E-state index in [1.54, 1.807) is 6.92 Å². The molecule has 0 amide bonds. The first kappa shape index (κ1) is 18.4. The van der Waals surface area contributed by atoms with Gasteiger partial charge in [-0.2, -0.15) is 17.9 Å². The van der Waals surface area contributed by atoms with Crippen LogP contribution in [0.1, 0.15) is 31.7 Å². The van der Waals surface area contributed by atoms with Crippen molar-refractivity contribution in [3.63, 3.8) is 0 Å². The Bertz CT molecular complexity index is 628. The van der Waals surface area contributed by atoms with Crippen LogP contribution in [-0.2, 0) is 21.0 Å². The first-order chi connectivity index (χ1) is 10.1. The van der Waals surface area contributed by atoms with Crippen molar-refractivity contribution in [2.75, 3.05) is 0 Å². The number of alkyl halides is 3. The lowest BCUT2D eigenvalue weighted by Gasteiger charge is -2.17. The quantitative estimate of drug-likeness (QED) is 0.800. The third-order valence-corrected chi connectivity index (χ3v) is 4.45. The number of unbranched alkanes of at least 4 members (excludes halogenated alkanes) is 1. The fourth-order valence-corrected chi connectivity index (χ4v) is 3.28. The van der Waals surface area contributed by atoms with Gasteiger partial charge in [-0.25, -0.2) is 8.42 Å². The molecule has 0 aromatic heterocycles. The molecule has 0 unspecified atom stereocenters. The van der Waals surface area contributed by atoms with Crippen molar-refractivity contribution in [3.8, 4) is 0 Å². The average molecular weight is 339 g/mol. The fraction of sp³-hybridized carbons (Fsp3) is 0.462. The van der Waals surface area contributed by atoms with Crippen LogP contribution in [0.5, 0.6) is 0 Å². The molecule has 0 saturated carbocycles. The van der Waals surface area contributed by atoms with Crippen LogP contribution in [0, 0.1) is 0 Å². The summed E-state index contributed by atoms with van der Waals surface area (Å²) < 4.78 is 64.6. The Morgan fingerprint density at radius 1 is 1.32 bits per heavy atom. The normalized spacial score (nSPS) is 13.8. The van der Waals surface area contributed by atoms with Gasteiger partial charge in [0, 0.05) is 0 Å². The molecule has 0 radical (unpaired) electrons. The zero-order valence-electron chi connectivity index (χ0n) is 11.7. The number of halogens is 3. The number of benzene rings is 1. The van der Waals surface area contributed by atoms with Crippen LogP contribution in [0.4, 0.5) is 13.2 Å². The Morgan fingerprint density at radius 2 is 1.91 bits per heavy atom. The second-order valence-corrected chi connectivity index (χ2v) is 6.33. The fourth-order valence-electron chi connectivity index (χ4n) is 1.83. The van der Waals surface area contributed by atoms with Gasteiger partial charge in [-0.05, 0) is 18.6 Å². The Labute approximate surface area is 126 Å². The lowest BCUT2D eigenvalue weighted by molar-refractivity contribution is -0.140. The molecule has 1 aromatic rings. The van der Waals surface area contributed by atoms with Gasteiger partial charge in [-0.3, -0.25) is 4.79 Å². The number of nitrogens with one attached hydrogen (secondary N) is 1. The van der Waals surface area contributed by atoms with Crippen molar-refractivity contribution in [3.05, 3.63) is 29.8 Å². The van der Waals surface area contributed by atoms with E-state index in [1.807, 2.05) is 4.72 Å². The highest BCUT2D eigenvalue weighted by Gasteiger charge is 2.37. The molecule has 1 atom stereocenters. The van der Waals surface area contributed by atoms with Gasteiger partial charge >= 0.3 is 12.1 Å². The lowest BCUT2D eigenvalue weighted by atomic mass is 10.1. The van der Waals surface area contributed by atoms with Crippen LogP contribution in [-0.4, -0.2) is 25.5 Å². The second-order valence-electron chi connectivity index (χ2n) is 4.65. The van der Waals surface area contributed by atoms with Crippen molar-refractivity contribution in [2.24, 2.45) is 0 Å². The highest BCUT2D eigenvalue weighted by molar-refractivity contribution is 7.89. The molecule has 5 nitrogen and oxygen atoms in total. The Kier molecular flexibility index (Phi) is 5.95. The summed E-state index contributed by atoms with van der Waals surface area (Å²) in [5.41, 5.74) is -1.33. The molecular formula is C13H16F3NO4S. The van der Waals surface area contributed by atoms with Crippen LogP contribution in [0.3, 0.4) is 0 Å². The number of aliphatic carboxylic acids is 1. The minimum atomic E-state index is -4.85. The number of hydrogen-bond donors (Lipinski definition) is 2. The summed E-state index contributed by atoms with van der Waals surface area (Å²) in [5, 5.41) is 8.99. The van der Waals surface area contributed by atoms with Gasteiger partial charge in [0.15, 0.2) is 0 Å². The SMILES string of the molecule is CCCC[C@H](NS(=O)(=O)c1ccccc1C(F)(F)F)C(=O)O. The van der Waals surface area contributed by atoms with Crippen LogP contribution in [0.15, 0.2) is 29.2 Å². The van der Waals surface area contributed by atoms with Crippen molar-refractivity contribution < 1.29 is 31.5 Å². The highest BCUT2D eigenvalue weighted by Crippen LogP contribution is 2.33. The van der Waals surface area contributed by atoms with Crippen LogP contribution >= 0.6 is 0 Å². The standard InChI is InChI=1S/C13H16F3NO4S/c1-2-3-7-10(12(18)19)17-22(20,21)11-8-5-4-6-9(11)13(14,15)16/h4-6,8,10,17H,2-3,7H2,1H3,(H,18,19)/t10-/m0/s1. The summed E-state index contributed by atoms with van der Waals surface area (Å²) in [6.45, 7) is 1.78. The smallest absolute Gasteiger partial charge is 0.417 e. The third kappa shape index (κ3) is 4.70. The number of carbonyl (C=O) groups is 1. The van der Waals surface area contributed by atoms with E-state index in [-0.39, 0.29) is 6.42 Å². The van der Waals surface area contributed by atoms with Crippen LogP contribution < -0.4 is 4.72 Å².